The normalized spacial score (nSPS) is 36.8. The minimum atomic E-state index is -0.534. The van der Waals surface area contributed by atoms with Gasteiger partial charge in [-0.1, -0.05) is 54.4 Å². The zero-order chi connectivity index (χ0) is 20.9. The van der Waals surface area contributed by atoms with Gasteiger partial charge in [0.05, 0.1) is 12.2 Å². The van der Waals surface area contributed by atoms with Crippen LogP contribution in [0.4, 0.5) is 0 Å². The van der Waals surface area contributed by atoms with Crippen LogP contribution in [0, 0.1) is 35.5 Å². The lowest BCUT2D eigenvalue weighted by Crippen LogP contribution is -2.48. The number of ether oxygens (including phenoxy) is 2. The Hall–Kier alpha value is 0.0969. The molecule has 0 radical (unpaired) electrons. The average Bonchev–Trinajstić information content (AvgIpc) is 2.59. The Morgan fingerprint density at radius 3 is 1.61 bits per heavy atom. The van der Waals surface area contributed by atoms with E-state index in [9.17, 15) is 0 Å². The van der Waals surface area contributed by atoms with E-state index in [1.807, 2.05) is 0 Å². The highest BCUT2D eigenvalue weighted by atomic mass is 28.2. The first kappa shape index (κ1) is 24.4. The zero-order valence-electron chi connectivity index (χ0n) is 20.0. The van der Waals surface area contributed by atoms with Crippen molar-refractivity contribution in [1.29, 1.82) is 0 Å². The lowest BCUT2D eigenvalue weighted by atomic mass is 9.75. The molecular formula is C24H48O3Si. The minimum Gasteiger partial charge on any atom is -0.428 e. The molecule has 0 heterocycles. The summed E-state index contributed by atoms with van der Waals surface area (Å²) in [6.07, 6.45) is 9.01. The van der Waals surface area contributed by atoms with Gasteiger partial charge in [-0.25, -0.2) is 0 Å². The molecule has 28 heavy (non-hydrogen) atoms. The Morgan fingerprint density at radius 1 is 0.821 bits per heavy atom. The van der Waals surface area contributed by atoms with Crippen molar-refractivity contribution in [2.24, 2.45) is 35.5 Å². The number of hydrogen-bond acceptors (Lipinski definition) is 3. The first-order valence-corrected chi connectivity index (χ1v) is 12.8. The summed E-state index contributed by atoms with van der Waals surface area (Å²) in [6.45, 7) is 17.1. The van der Waals surface area contributed by atoms with E-state index in [1.54, 1.807) is 0 Å². The second kappa shape index (κ2) is 10.9. The molecule has 0 spiro atoms. The molecule has 0 saturated heterocycles. The molecule has 0 aromatic carbocycles. The highest BCUT2D eigenvalue weighted by Gasteiger charge is 2.41. The van der Waals surface area contributed by atoms with E-state index in [0.717, 1.165) is 48.2 Å². The fraction of sp³-hybridized carbons (Fsp3) is 1.00. The van der Waals surface area contributed by atoms with E-state index >= 15 is 0 Å². The van der Waals surface area contributed by atoms with Crippen LogP contribution in [0.1, 0.15) is 93.4 Å². The molecule has 6 atom stereocenters. The van der Waals surface area contributed by atoms with E-state index in [4.69, 9.17) is 13.9 Å². The Kier molecular flexibility index (Phi) is 9.51. The topological polar surface area (TPSA) is 27.7 Å². The summed E-state index contributed by atoms with van der Waals surface area (Å²) in [6, 6.07) is 0. The largest absolute Gasteiger partial charge is 0.428 e. The standard InChI is InChI=1S/C24H48O3Si/c1-16(2)20-10-8-18(5)14-22(20)26-24(7,12-13-25-28)27-23-15-19(6)9-11-21(23)17(3)4/h16-23H,8-15H2,1-7,28H3. The van der Waals surface area contributed by atoms with Gasteiger partial charge in [0.2, 0.25) is 0 Å². The molecule has 0 aromatic rings. The quantitative estimate of drug-likeness (QED) is 0.378. The second-order valence-electron chi connectivity index (χ2n) is 10.8. The summed E-state index contributed by atoms with van der Waals surface area (Å²) in [5, 5.41) is 0. The monoisotopic (exact) mass is 412 g/mol. The zero-order valence-corrected chi connectivity index (χ0v) is 22.0. The van der Waals surface area contributed by atoms with Crippen LogP contribution in [0.15, 0.2) is 0 Å². The molecule has 2 aliphatic rings. The Morgan fingerprint density at radius 2 is 1.25 bits per heavy atom. The summed E-state index contributed by atoms with van der Waals surface area (Å²) < 4.78 is 19.4. The maximum Gasteiger partial charge on any atom is 0.168 e. The fourth-order valence-electron chi connectivity index (χ4n) is 5.57. The van der Waals surface area contributed by atoms with Gasteiger partial charge in [-0.15, -0.1) is 0 Å². The van der Waals surface area contributed by atoms with Crippen molar-refractivity contribution in [2.75, 3.05) is 6.61 Å². The summed E-state index contributed by atoms with van der Waals surface area (Å²) in [7, 11) is 0.775. The molecule has 6 unspecified atom stereocenters. The highest BCUT2D eigenvalue weighted by molar-refractivity contribution is 5.97. The van der Waals surface area contributed by atoms with Gasteiger partial charge in [0.25, 0.3) is 0 Å². The van der Waals surface area contributed by atoms with Crippen LogP contribution in [0.25, 0.3) is 0 Å². The smallest absolute Gasteiger partial charge is 0.168 e. The van der Waals surface area contributed by atoms with E-state index in [1.165, 1.54) is 25.7 Å². The summed E-state index contributed by atoms with van der Waals surface area (Å²) in [4.78, 5) is 0. The van der Waals surface area contributed by atoms with Crippen molar-refractivity contribution in [3.05, 3.63) is 0 Å². The molecular weight excluding hydrogens is 364 g/mol. The van der Waals surface area contributed by atoms with Crippen LogP contribution in [0.3, 0.4) is 0 Å². The van der Waals surface area contributed by atoms with E-state index in [2.05, 4.69) is 48.5 Å². The summed E-state index contributed by atoms with van der Waals surface area (Å²) in [5.41, 5.74) is 0. The summed E-state index contributed by atoms with van der Waals surface area (Å²) >= 11 is 0. The van der Waals surface area contributed by atoms with E-state index < -0.39 is 5.79 Å². The molecule has 4 heteroatoms. The van der Waals surface area contributed by atoms with E-state index in [-0.39, 0.29) is 0 Å². The molecule has 3 nitrogen and oxygen atoms in total. The van der Waals surface area contributed by atoms with Crippen LogP contribution in [-0.4, -0.2) is 35.1 Å². The number of hydrogen-bond donors (Lipinski definition) is 0. The minimum absolute atomic E-state index is 0.307. The van der Waals surface area contributed by atoms with Gasteiger partial charge in [-0.3, -0.25) is 0 Å². The van der Waals surface area contributed by atoms with Gasteiger partial charge in [0.1, 0.15) is 10.5 Å². The van der Waals surface area contributed by atoms with Crippen molar-refractivity contribution in [1.82, 2.24) is 0 Å². The highest BCUT2D eigenvalue weighted by Crippen LogP contribution is 2.41. The predicted molar refractivity (Wildman–Crippen MR) is 121 cm³/mol. The second-order valence-corrected chi connectivity index (χ2v) is 11.4. The van der Waals surface area contributed by atoms with Crippen LogP contribution < -0.4 is 0 Å². The lowest BCUT2D eigenvalue weighted by Gasteiger charge is -2.46. The predicted octanol–water partition coefficient (Wildman–Crippen LogP) is 5.34. The van der Waals surface area contributed by atoms with Gasteiger partial charge in [-0.2, -0.15) is 0 Å². The van der Waals surface area contributed by atoms with Crippen molar-refractivity contribution in [3.8, 4) is 0 Å². The van der Waals surface area contributed by atoms with Crippen LogP contribution >= 0.6 is 0 Å². The van der Waals surface area contributed by atoms with Crippen molar-refractivity contribution >= 4 is 10.5 Å². The molecule has 0 bridgehead atoms. The third kappa shape index (κ3) is 6.82. The molecule has 2 aliphatic carbocycles. The van der Waals surface area contributed by atoms with E-state index in [0.29, 0.717) is 35.9 Å². The lowest BCUT2D eigenvalue weighted by molar-refractivity contribution is -0.299. The molecule has 2 fully saturated rings. The maximum absolute atomic E-state index is 6.90. The molecule has 2 saturated carbocycles. The molecule has 2 rings (SSSR count). The van der Waals surface area contributed by atoms with Crippen LogP contribution in [-0.2, 0) is 13.9 Å². The fourth-order valence-corrected chi connectivity index (χ4v) is 5.78. The van der Waals surface area contributed by atoms with Gasteiger partial charge >= 0.3 is 0 Å². The molecule has 0 aliphatic heterocycles. The first-order valence-electron chi connectivity index (χ1n) is 12.0. The van der Waals surface area contributed by atoms with Crippen LogP contribution in [0.2, 0.25) is 0 Å². The van der Waals surface area contributed by atoms with Crippen molar-refractivity contribution in [2.45, 2.75) is 111 Å². The Balaban J connectivity index is 2.16. The Labute approximate surface area is 178 Å². The SMILES string of the molecule is CC1CCC(C(C)C)C(OC(C)(CCO[SiH3])OC2CC(C)CCC2C(C)C)C1. The summed E-state index contributed by atoms with van der Waals surface area (Å²) in [5.74, 6) is 3.57. The van der Waals surface area contributed by atoms with Gasteiger partial charge in [0.15, 0.2) is 5.79 Å². The maximum atomic E-state index is 6.90. The van der Waals surface area contributed by atoms with Gasteiger partial charge in [0, 0.05) is 13.0 Å². The van der Waals surface area contributed by atoms with Crippen molar-refractivity contribution < 1.29 is 13.9 Å². The molecule has 166 valence electrons. The first-order chi connectivity index (χ1) is 13.1. The third-order valence-electron chi connectivity index (χ3n) is 7.48. The third-order valence-corrected chi connectivity index (χ3v) is 7.89. The number of rotatable bonds is 9. The average molecular weight is 413 g/mol. The molecule has 0 amide bonds. The Bertz CT molecular complexity index is 419. The van der Waals surface area contributed by atoms with Crippen LogP contribution in [0.5, 0.6) is 0 Å². The van der Waals surface area contributed by atoms with Gasteiger partial charge in [-0.05, 0) is 68.1 Å². The van der Waals surface area contributed by atoms with Gasteiger partial charge < -0.3 is 13.9 Å². The van der Waals surface area contributed by atoms with Crippen molar-refractivity contribution in [3.63, 3.8) is 0 Å². The molecule has 0 N–H and O–H groups in total. The molecule has 0 aromatic heterocycles.